The molecule has 1 aliphatic carbocycles. The minimum atomic E-state index is -1.20. The van der Waals surface area contributed by atoms with E-state index in [9.17, 15) is 43.2 Å². The fourth-order valence-electron chi connectivity index (χ4n) is 8.41. The van der Waals surface area contributed by atoms with Crippen LogP contribution in [0.4, 0.5) is 27.5 Å². The third-order valence-corrected chi connectivity index (χ3v) is 12.0. The number of aldehydes is 1. The minimum absolute atomic E-state index is 0.0140. The van der Waals surface area contributed by atoms with Crippen LogP contribution >= 0.6 is 0 Å². The molecule has 2 aromatic rings. The van der Waals surface area contributed by atoms with Crippen LogP contribution in [0.5, 0.6) is 0 Å². The van der Waals surface area contributed by atoms with E-state index in [1.165, 1.54) is 16.0 Å². The maximum atomic E-state index is 13.4. The van der Waals surface area contributed by atoms with Crippen LogP contribution in [-0.2, 0) is 43.1 Å². The lowest BCUT2D eigenvalue weighted by Gasteiger charge is -2.27. The lowest BCUT2D eigenvalue weighted by atomic mass is 9.81. The molecule has 2 heterocycles. The highest BCUT2D eigenvalue weighted by Gasteiger charge is 2.35. The molecule has 0 saturated heterocycles. The minimum Gasteiger partial charge on any atom is -0.481 e. The molecule has 23 nitrogen and oxygen atoms in total. The summed E-state index contributed by atoms with van der Waals surface area (Å²) in [7, 11) is 8.74. The van der Waals surface area contributed by atoms with Crippen LogP contribution in [0.2, 0.25) is 0 Å². The normalized spacial score (nSPS) is 19.8. The van der Waals surface area contributed by atoms with Gasteiger partial charge in [-0.3, -0.25) is 43.4 Å². The maximum Gasteiger partial charge on any atom is 0.335 e. The average molecular weight is 991 g/mol. The molecule has 2 aromatic carbocycles. The number of benzene rings is 2. The van der Waals surface area contributed by atoms with E-state index in [0.29, 0.717) is 37.3 Å². The van der Waals surface area contributed by atoms with Crippen molar-refractivity contribution < 1.29 is 53.0 Å². The molecule has 0 spiro atoms. The number of rotatable bonds is 18. The van der Waals surface area contributed by atoms with Crippen molar-refractivity contribution >= 4 is 82.8 Å². The first kappa shape index (κ1) is 56.4. The molecule has 2 aliphatic heterocycles. The van der Waals surface area contributed by atoms with Gasteiger partial charge in [0, 0.05) is 52.9 Å². The maximum absolute atomic E-state index is 13.4. The molecule has 0 aromatic heterocycles. The molecule has 4 atom stereocenters. The number of hydrogen-bond donors (Lipinski definition) is 8. The number of para-hydroxylation sites is 4. The van der Waals surface area contributed by atoms with Crippen molar-refractivity contribution in [2.45, 2.75) is 89.1 Å². The summed E-state index contributed by atoms with van der Waals surface area (Å²) in [5.41, 5.74) is 4.42. The molecule has 1 fully saturated rings. The van der Waals surface area contributed by atoms with Gasteiger partial charge in [-0.1, -0.05) is 24.3 Å². The van der Waals surface area contributed by atoms with Crippen molar-refractivity contribution in [2.75, 3.05) is 87.6 Å². The number of ether oxygens (including phenoxy) is 1. The number of nitrogens with one attached hydrogen (secondary N) is 7. The second-order valence-electron chi connectivity index (χ2n) is 18.6. The molecule has 0 bridgehead atoms. The van der Waals surface area contributed by atoms with Gasteiger partial charge in [-0.15, -0.1) is 0 Å². The quantitative estimate of drug-likeness (QED) is 0.0432. The van der Waals surface area contributed by atoms with E-state index in [0.717, 1.165) is 37.1 Å². The smallest absolute Gasteiger partial charge is 0.335 e. The SMILES string of the molecule is CNC(=O)C1CCC(CNC(=O)N/N=C/[C@H](CC(=O)OC(C)(C)C)NC(=O)CN2C(=O)C(NC)CN(C)c3ccccc32)CC1.CNC1CN(C)c2ccccc2N(CC(=O)N[C@H](C=O)CC(=O)O)C1=O. The molecule has 388 valence electrons. The Morgan fingerprint density at radius 2 is 1.23 bits per heavy atom. The summed E-state index contributed by atoms with van der Waals surface area (Å²) in [5, 5.41) is 29.3. The Balaban J connectivity index is 0.000000356. The molecule has 3 aliphatic rings. The Labute approximate surface area is 414 Å². The van der Waals surface area contributed by atoms with Crippen LogP contribution in [0.3, 0.4) is 0 Å². The first-order chi connectivity index (χ1) is 33.7. The number of fused-ring (bicyclic) bond motifs is 2. The lowest BCUT2D eigenvalue weighted by Crippen LogP contribution is -2.52. The summed E-state index contributed by atoms with van der Waals surface area (Å²) in [6, 6.07) is 10.9. The van der Waals surface area contributed by atoms with Crippen molar-refractivity contribution in [3.8, 4) is 0 Å². The highest BCUT2D eigenvalue weighted by atomic mass is 16.6. The van der Waals surface area contributed by atoms with Crippen molar-refractivity contribution in [2.24, 2.45) is 16.9 Å². The number of carboxylic acid groups (broad SMARTS) is 1. The Morgan fingerprint density at radius 1 is 0.746 bits per heavy atom. The molecule has 23 heteroatoms. The fraction of sp³-hybridized carbons (Fsp3) is 0.542. The number of hydrazone groups is 1. The van der Waals surface area contributed by atoms with E-state index in [4.69, 9.17) is 9.84 Å². The van der Waals surface area contributed by atoms with Crippen molar-refractivity contribution in [1.82, 2.24) is 37.3 Å². The number of anilines is 4. The highest BCUT2D eigenvalue weighted by Crippen LogP contribution is 2.33. The summed E-state index contributed by atoms with van der Waals surface area (Å²) < 4.78 is 5.43. The second kappa shape index (κ2) is 26.7. The van der Waals surface area contributed by atoms with Crippen LogP contribution in [0.25, 0.3) is 0 Å². The number of esters is 1. The van der Waals surface area contributed by atoms with Crippen molar-refractivity contribution in [3.63, 3.8) is 0 Å². The summed E-state index contributed by atoms with van der Waals surface area (Å²) in [5.74, 6) is -3.10. The average Bonchev–Trinajstić information content (AvgIpc) is 3.49. The molecule has 7 amide bonds. The number of carbonyl (C=O) groups excluding carboxylic acids is 8. The summed E-state index contributed by atoms with van der Waals surface area (Å²) in [4.78, 5) is 117. The first-order valence-electron chi connectivity index (χ1n) is 23.5. The number of hydrogen-bond acceptors (Lipinski definition) is 15. The molecule has 0 radical (unpaired) electrons. The number of carboxylic acids is 1. The third-order valence-electron chi connectivity index (χ3n) is 12.0. The van der Waals surface area contributed by atoms with E-state index in [1.807, 2.05) is 48.2 Å². The van der Waals surface area contributed by atoms with Gasteiger partial charge in [0.05, 0.1) is 47.7 Å². The molecule has 8 N–H and O–H groups in total. The Kier molecular flexibility index (Phi) is 21.3. The summed E-state index contributed by atoms with van der Waals surface area (Å²) in [6.07, 6.45) is 4.10. The van der Waals surface area contributed by atoms with Gasteiger partial charge in [0.25, 0.3) is 0 Å². The zero-order valence-electron chi connectivity index (χ0n) is 41.8. The summed E-state index contributed by atoms with van der Waals surface area (Å²) in [6.45, 7) is 5.89. The van der Waals surface area contributed by atoms with E-state index >= 15 is 0 Å². The number of aliphatic carboxylic acids is 1. The predicted octanol–water partition coefficient (Wildman–Crippen LogP) is 0.327. The number of carbonyl (C=O) groups is 9. The topological polar surface area (TPSA) is 293 Å². The van der Waals surface area contributed by atoms with E-state index in [1.54, 1.807) is 66.2 Å². The number of amides is 7. The number of nitrogens with zero attached hydrogens (tertiary/aromatic N) is 5. The fourth-order valence-corrected chi connectivity index (χ4v) is 8.41. The van der Waals surface area contributed by atoms with Gasteiger partial charge < -0.3 is 56.3 Å². The lowest BCUT2D eigenvalue weighted by molar-refractivity contribution is -0.155. The number of likely N-dealkylation sites (N-methyl/N-ethyl adjacent to an activating group) is 4. The molecular formula is C48H70N12O11. The second-order valence-corrected chi connectivity index (χ2v) is 18.6. The standard InChI is InChI=1S/C31H48N8O6.C17H22N4O5/c1-31(2,3)45-27(41)15-22(17-35-37-30(44)34-16-20-11-13-21(14-12-20)28(42)33-5)36-26(40)19-39-25-10-8-7-9-24(25)38(6)18-23(32-4)29(39)43;1-18-12-8-20(2)13-5-3-4-6-14(13)21(17(12)26)9-15(23)19-11(10-22)7-16(24)25/h7-10,17,20-23,32H,11-16,18-19H2,1-6H3,(H,33,42)(H,36,40)(H2,34,37,44);3-6,10-12,18H,7-9H2,1-2H3,(H,19,23)(H,24,25)/b35-17+;/t20?,21?,22-,23?;11-,12?/m00/s1. The van der Waals surface area contributed by atoms with E-state index in [-0.39, 0.29) is 49.1 Å². The molecule has 5 rings (SSSR count). The Hall–Kier alpha value is -7.14. The highest BCUT2D eigenvalue weighted by molar-refractivity contribution is 6.06. The van der Waals surface area contributed by atoms with Gasteiger partial charge in [0.1, 0.15) is 37.1 Å². The molecule has 1 saturated carbocycles. The Morgan fingerprint density at radius 3 is 1.66 bits per heavy atom. The van der Waals surface area contributed by atoms with E-state index < -0.39 is 66.0 Å². The predicted molar refractivity (Wildman–Crippen MR) is 267 cm³/mol. The van der Waals surface area contributed by atoms with Gasteiger partial charge in [0.2, 0.25) is 29.5 Å². The van der Waals surface area contributed by atoms with Gasteiger partial charge in [-0.2, -0.15) is 5.10 Å². The summed E-state index contributed by atoms with van der Waals surface area (Å²) >= 11 is 0. The van der Waals surface area contributed by atoms with Crippen LogP contribution in [-0.4, -0.2) is 163 Å². The Bertz CT molecular complexity index is 2250. The van der Waals surface area contributed by atoms with Gasteiger partial charge in [-0.25, -0.2) is 10.2 Å². The van der Waals surface area contributed by atoms with Gasteiger partial charge in [-0.05, 0) is 90.7 Å². The van der Waals surface area contributed by atoms with E-state index in [2.05, 4.69) is 42.4 Å². The van der Waals surface area contributed by atoms with Gasteiger partial charge in [0.15, 0.2) is 0 Å². The zero-order chi connectivity index (χ0) is 52.4. The van der Waals surface area contributed by atoms with Crippen molar-refractivity contribution in [1.29, 1.82) is 0 Å². The number of urea groups is 1. The molecule has 71 heavy (non-hydrogen) atoms. The molecule has 2 unspecified atom stereocenters. The van der Waals surface area contributed by atoms with Crippen molar-refractivity contribution in [3.05, 3.63) is 48.5 Å². The van der Waals surface area contributed by atoms with Crippen LogP contribution in [0, 0.1) is 11.8 Å². The zero-order valence-corrected chi connectivity index (χ0v) is 41.8. The first-order valence-corrected chi connectivity index (χ1v) is 23.5. The molecular weight excluding hydrogens is 921 g/mol. The van der Waals surface area contributed by atoms with Crippen LogP contribution in [0.15, 0.2) is 53.6 Å². The third kappa shape index (κ3) is 17.0. The van der Waals surface area contributed by atoms with Gasteiger partial charge >= 0.3 is 18.0 Å². The monoisotopic (exact) mass is 991 g/mol. The van der Waals surface area contributed by atoms with Crippen LogP contribution < -0.4 is 56.9 Å². The largest absolute Gasteiger partial charge is 0.481 e. The van der Waals surface area contributed by atoms with Crippen LogP contribution in [0.1, 0.15) is 59.3 Å².